The summed E-state index contributed by atoms with van der Waals surface area (Å²) in [6.45, 7) is 5.23. The summed E-state index contributed by atoms with van der Waals surface area (Å²) < 4.78 is 5.62. The summed E-state index contributed by atoms with van der Waals surface area (Å²) in [5.74, 6) is 1.63. The Labute approximate surface area is 97.8 Å². The van der Waals surface area contributed by atoms with Crippen LogP contribution in [0.5, 0.6) is 5.75 Å². The van der Waals surface area contributed by atoms with Gasteiger partial charge in [0, 0.05) is 18.0 Å². The quantitative estimate of drug-likeness (QED) is 0.846. The zero-order valence-corrected chi connectivity index (χ0v) is 10.2. The lowest BCUT2D eigenvalue weighted by Crippen LogP contribution is -2.20. The van der Waals surface area contributed by atoms with Gasteiger partial charge < -0.3 is 10.5 Å². The first-order chi connectivity index (χ1) is 7.76. The average molecular weight is 219 g/mol. The van der Waals surface area contributed by atoms with Crippen molar-refractivity contribution >= 4 is 0 Å². The third-order valence-corrected chi connectivity index (χ3v) is 3.58. The minimum atomic E-state index is 0.151. The average Bonchev–Trinajstić information content (AvgIpc) is 2.32. The van der Waals surface area contributed by atoms with Crippen LogP contribution in [-0.2, 0) is 0 Å². The molecule has 1 unspecified atom stereocenters. The fourth-order valence-corrected chi connectivity index (χ4v) is 2.45. The second-order valence-corrected chi connectivity index (χ2v) is 4.55. The molecule has 0 aliphatic carbocycles. The van der Waals surface area contributed by atoms with Crippen LogP contribution >= 0.6 is 0 Å². The number of rotatable bonds is 3. The van der Waals surface area contributed by atoms with E-state index >= 15 is 0 Å². The summed E-state index contributed by atoms with van der Waals surface area (Å²) in [5.41, 5.74) is 8.72. The Bertz CT molecular complexity index is 358. The van der Waals surface area contributed by atoms with Gasteiger partial charge in [-0.2, -0.15) is 0 Å². The Morgan fingerprint density at radius 3 is 2.81 bits per heavy atom. The fraction of sp³-hybridized carbons (Fsp3) is 0.571. The zero-order valence-electron chi connectivity index (χ0n) is 10.2. The van der Waals surface area contributed by atoms with Crippen LogP contribution in [0.4, 0.5) is 0 Å². The summed E-state index contributed by atoms with van der Waals surface area (Å²) in [6, 6.07) is 6.67. The molecule has 0 saturated heterocycles. The molecular formula is C14H21NO. The molecule has 0 spiro atoms. The van der Waals surface area contributed by atoms with Gasteiger partial charge in [0.05, 0.1) is 6.61 Å². The first kappa shape index (κ1) is 11.5. The van der Waals surface area contributed by atoms with Gasteiger partial charge in [0.1, 0.15) is 5.75 Å². The zero-order chi connectivity index (χ0) is 11.5. The first-order valence-corrected chi connectivity index (χ1v) is 6.28. The largest absolute Gasteiger partial charge is 0.493 e. The van der Waals surface area contributed by atoms with Crippen LogP contribution in [0.15, 0.2) is 18.2 Å². The van der Waals surface area contributed by atoms with Gasteiger partial charge in [0.15, 0.2) is 0 Å². The number of nitrogens with two attached hydrogens (primary N) is 1. The van der Waals surface area contributed by atoms with Gasteiger partial charge in [-0.25, -0.2) is 0 Å². The molecule has 1 atom stereocenters. The smallest absolute Gasteiger partial charge is 0.124 e. The topological polar surface area (TPSA) is 35.2 Å². The van der Waals surface area contributed by atoms with E-state index in [1.54, 1.807) is 0 Å². The molecule has 2 N–H and O–H groups in total. The Kier molecular flexibility index (Phi) is 3.49. The molecule has 2 heteroatoms. The lowest BCUT2D eigenvalue weighted by molar-refractivity contribution is 0.268. The molecule has 0 aromatic heterocycles. The van der Waals surface area contributed by atoms with E-state index in [1.165, 1.54) is 24.0 Å². The lowest BCUT2D eigenvalue weighted by atomic mass is 9.90. The predicted octanol–water partition coefficient (Wildman–Crippen LogP) is 3.37. The van der Waals surface area contributed by atoms with Crippen LogP contribution in [0.3, 0.4) is 0 Å². The van der Waals surface area contributed by atoms with Crippen molar-refractivity contribution in [2.24, 2.45) is 5.73 Å². The van der Waals surface area contributed by atoms with E-state index in [0.717, 1.165) is 18.8 Å². The Morgan fingerprint density at radius 1 is 1.38 bits per heavy atom. The van der Waals surface area contributed by atoms with Crippen molar-refractivity contribution in [3.8, 4) is 5.75 Å². The second kappa shape index (κ2) is 4.88. The first-order valence-electron chi connectivity index (χ1n) is 6.28. The summed E-state index contributed by atoms with van der Waals surface area (Å²) in [4.78, 5) is 0. The number of benzene rings is 1. The molecule has 1 heterocycles. The van der Waals surface area contributed by atoms with Crippen molar-refractivity contribution in [1.82, 2.24) is 0 Å². The van der Waals surface area contributed by atoms with Gasteiger partial charge in [-0.15, -0.1) is 0 Å². The maximum atomic E-state index is 6.12. The second-order valence-electron chi connectivity index (χ2n) is 4.55. The monoisotopic (exact) mass is 219 g/mol. The van der Waals surface area contributed by atoms with Gasteiger partial charge in [-0.05, 0) is 30.4 Å². The number of hydrogen-bond donors (Lipinski definition) is 1. The summed E-state index contributed by atoms with van der Waals surface area (Å²) in [6.07, 6.45) is 3.30. The van der Waals surface area contributed by atoms with Crippen LogP contribution in [0.25, 0.3) is 0 Å². The maximum absolute atomic E-state index is 6.12. The van der Waals surface area contributed by atoms with Crippen molar-refractivity contribution in [2.75, 3.05) is 6.61 Å². The van der Waals surface area contributed by atoms with Gasteiger partial charge in [-0.3, -0.25) is 0 Å². The third-order valence-electron chi connectivity index (χ3n) is 3.58. The molecule has 0 amide bonds. The number of fused-ring (bicyclic) bond motifs is 1. The summed E-state index contributed by atoms with van der Waals surface area (Å²) in [5, 5.41) is 0. The van der Waals surface area contributed by atoms with E-state index in [9.17, 15) is 0 Å². The minimum Gasteiger partial charge on any atom is -0.493 e. The van der Waals surface area contributed by atoms with E-state index < -0.39 is 0 Å². The highest BCUT2D eigenvalue weighted by Gasteiger charge is 2.19. The van der Waals surface area contributed by atoms with Crippen LogP contribution in [0.1, 0.15) is 56.2 Å². The highest BCUT2D eigenvalue weighted by Crippen LogP contribution is 2.34. The van der Waals surface area contributed by atoms with E-state index in [0.29, 0.717) is 5.92 Å². The summed E-state index contributed by atoms with van der Waals surface area (Å²) in [7, 11) is 0. The molecule has 0 saturated carbocycles. The SMILES string of the molecule is CCC(CC)c1ccc2c(c1)C(N)CCO2. The Balaban J connectivity index is 2.33. The van der Waals surface area contributed by atoms with Gasteiger partial charge in [0.25, 0.3) is 0 Å². The molecular weight excluding hydrogens is 198 g/mol. The standard InChI is InChI=1S/C14H21NO/c1-3-10(4-2)11-5-6-14-12(9-11)13(15)7-8-16-14/h5-6,9-10,13H,3-4,7-8,15H2,1-2H3. The number of hydrogen-bond acceptors (Lipinski definition) is 2. The van der Waals surface area contributed by atoms with Crippen molar-refractivity contribution in [1.29, 1.82) is 0 Å². The number of ether oxygens (including phenoxy) is 1. The fourth-order valence-electron chi connectivity index (χ4n) is 2.45. The van der Waals surface area contributed by atoms with Crippen molar-refractivity contribution in [3.05, 3.63) is 29.3 Å². The molecule has 0 fully saturated rings. The van der Waals surface area contributed by atoms with E-state index in [2.05, 4.69) is 32.0 Å². The van der Waals surface area contributed by atoms with Gasteiger partial charge in [-0.1, -0.05) is 26.0 Å². The molecule has 16 heavy (non-hydrogen) atoms. The molecule has 1 aliphatic heterocycles. The van der Waals surface area contributed by atoms with Gasteiger partial charge >= 0.3 is 0 Å². The summed E-state index contributed by atoms with van der Waals surface area (Å²) >= 11 is 0. The highest BCUT2D eigenvalue weighted by molar-refractivity contribution is 5.41. The molecule has 1 aromatic rings. The molecule has 2 rings (SSSR count). The van der Waals surface area contributed by atoms with Crippen LogP contribution < -0.4 is 10.5 Å². The van der Waals surface area contributed by atoms with E-state index in [1.807, 2.05) is 0 Å². The highest BCUT2D eigenvalue weighted by atomic mass is 16.5. The van der Waals surface area contributed by atoms with Crippen molar-refractivity contribution in [3.63, 3.8) is 0 Å². The lowest BCUT2D eigenvalue weighted by Gasteiger charge is -2.25. The Morgan fingerprint density at radius 2 is 2.12 bits per heavy atom. The van der Waals surface area contributed by atoms with Crippen LogP contribution in [0.2, 0.25) is 0 Å². The third kappa shape index (κ3) is 2.07. The molecule has 1 aliphatic rings. The normalized spacial score (nSPS) is 19.4. The maximum Gasteiger partial charge on any atom is 0.124 e. The van der Waals surface area contributed by atoms with Crippen molar-refractivity contribution < 1.29 is 4.74 Å². The molecule has 88 valence electrons. The van der Waals surface area contributed by atoms with Crippen LogP contribution in [0, 0.1) is 0 Å². The van der Waals surface area contributed by atoms with E-state index in [4.69, 9.17) is 10.5 Å². The van der Waals surface area contributed by atoms with Crippen molar-refractivity contribution in [2.45, 2.75) is 45.1 Å². The minimum absolute atomic E-state index is 0.151. The Hall–Kier alpha value is -1.02. The molecule has 0 radical (unpaired) electrons. The molecule has 0 bridgehead atoms. The van der Waals surface area contributed by atoms with Gasteiger partial charge in [0.2, 0.25) is 0 Å². The van der Waals surface area contributed by atoms with E-state index in [-0.39, 0.29) is 6.04 Å². The van der Waals surface area contributed by atoms with Crippen LogP contribution in [-0.4, -0.2) is 6.61 Å². The molecule has 1 aromatic carbocycles. The predicted molar refractivity (Wildman–Crippen MR) is 66.8 cm³/mol. The molecule has 2 nitrogen and oxygen atoms in total.